The fraction of sp³-hybridized carbons (Fsp3) is 0.179. The molecule has 5 rings (SSSR count). The number of nitrogens with one attached hydrogen (secondary N) is 1. The molecule has 0 saturated heterocycles. The zero-order valence-electron chi connectivity index (χ0n) is 20.1. The number of nitrogens with zero attached hydrogens (tertiary/aromatic N) is 3. The number of sulfone groups is 1. The third-order valence-electron chi connectivity index (χ3n) is 6.11. The van der Waals surface area contributed by atoms with Crippen LogP contribution in [0, 0.1) is 6.92 Å². The van der Waals surface area contributed by atoms with E-state index in [1.807, 2.05) is 31.2 Å². The first kappa shape index (κ1) is 23.7. The lowest BCUT2D eigenvalue weighted by Crippen LogP contribution is -2.18. The number of hydrogen-bond acceptors (Lipinski definition) is 5. The number of anilines is 1. The Bertz CT molecular complexity index is 1680. The van der Waals surface area contributed by atoms with Crippen molar-refractivity contribution in [3.63, 3.8) is 0 Å². The first-order valence-electron chi connectivity index (χ1n) is 11.9. The molecule has 0 spiro atoms. The molecule has 0 aliphatic carbocycles. The third-order valence-corrected chi connectivity index (χ3v) is 7.93. The van der Waals surface area contributed by atoms with Gasteiger partial charge in [-0.2, -0.15) is 0 Å². The van der Waals surface area contributed by atoms with Gasteiger partial charge in [0.15, 0.2) is 5.65 Å². The monoisotopic (exact) mass is 498 g/mol. The van der Waals surface area contributed by atoms with Gasteiger partial charge < -0.3 is 9.88 Å². The summed E-state index contributed by atoms with van der Waals surface area (Å²) in [6.45, 7) is 4.43. The van der Waals surface area contributed by atoms with Gasteiger partial charge in [-0.3, -0.25) is 4.79 Å². The summed E-state index contributed by atoms with van der Waals surface area (Å²) >= 11 is 0. The molecule has 0 unspecified atom stereocenters. The average Bonchev–Trinajstić information content (AvgIpc) is 3.19. The summed E-state index contributed by atoms with van der Waals surface area (Å²) in [5, 5.41) is 2.90. The fourth-order valence-electron chi connectivity index (χ4n) is 4.19. The summed E-state index contributed by atoms with van der Waals surface area (Å²) in [7, 11) is -4.05. The number of rotatable bonds is 7. The highest BCUT2D eigenvalue weighted by atomic mass is 32.2. The van der Waals surface area contributed by atoms with Crippen LogP contribution in [-0.4, -0.2) is 28.9 Å². The third kappa shape index (κ3) is 4.24. The van der Waals surface area contributed by atoms with Crippen LogP contribution in [0.25, 0.3) is 22.2 Å². The van der Waals surface area contributed by atoms with Crippen LogP contribution >= 0.6 is 0 Å². The number of unbranched alkanes of at least 4 members (excludes halogenated alkanes) is 1. The lowest BCUT2D eigenvalue weighted by atomic mass is 10.2. The van der Waals surface area contributed by atoms with Gasteiger partial charge in [-0.1, -0.05) is 61.4 Å². The molecule has 182 valence electrons. The highest BCUT2D eigenvalue weighted by Gasteiger charge is 2.32. The molecule has 0 atom stereocenters. The molecule has 0 saturated carbocycles. The smallest absolute Gasteiger partial charge is 0.256 e. The van der Waals surface area contributed by atoms with Crippen molar-refractivity contribution < 1.29 is 13.2 Å². The second-order valence-corrected chi connectivity index (χ2v) is 10.6. The van der Waals surface area contributed by atoms with Gasteiger partial charge in [-0.15, -0.1) is 0 Å². The summed E-state index contributed by atoms with van der Waals surface area (Å²) in [5.41, 5.74) is 3.28. The van der Waals surface area contributed by atoms with Crippen LogP contribution in [0.3, 0.4) is 0 Å². The highest BCUT2D eigenvalue weighted by molar-refractivity contribution is 7.92. The summed E-state index contributed by atoms with van der Waals surface area (Å²) in [4.78, 5) is 22.9. The van der Waals surface area contributed by atoms with Crippen molar-refractivity contribution in [1.29, 1.82) is 0 Å². The Morgan fingerprint density at radius 2 is 1.53 bits per heavy atom. The van der Waals surface area contributed by atoms with Crippen LogP contribution in [0.2, 0.25) is 0 Å². The Hall–Kier alpha value is -4.04. The van der Waals surface area contributed by atoms with E-state index >= 15 is 0 Å². The minimum Gasteiger partial charge on any atom is -0.309 e. The van der Waals surface area contributed by atoms with E-state index in [9.17, 15) is 13.2 Å². The van der Waals surface area contributed by atoms with Gasteiger partial charge in [-0.25, -0.2) is 18.4 Å². The molecule has 0 bridgehead atoms. The molecule has 8 heteroatoms. The second-order valence-electron chi connectivity index (χ2n) is 8.70. The first-order valence-corrected chi connectivity index (χ1v) is 13.4. The number of para-hydroxylation sites is 2. The minimum atomic E-state index is -4.05. The van der Waals surface area contributed by atoms with Gasteiger partial charge in [0.2, 0.25) is 9.84 Å². The van der Waals surface area contributed by atoms with E-state index in [-0.39, 0.29) is 21.1 Å². The zero-order chi connectivity index (χ0) is 25.3. The molecule has 2 heterocycles. The predicted molar refractivity (Wildman–Crippen MR) is 141 cm³/mol. The maximum absolute atomic E-state index is 14.1. The molecule has 2 aromatic heterocycles. The lowest BCUT2D eigenvalue weighted by Gasteiger charge is -2.13. The van der Waals surface area contributed by atoms with E-state index in [2.05, 4.69) is 12.2 Å². The molecule has 0 aliphatic heterocycles. The molecule has 3 aromatic carbocycles. The Kier molecular flexibility index (Phi) is 6.28. The number of carbonyl (C=O) groups is 1. The average molecular weight is 499 g/mol. The molecule has 36 heavy (non-hydrogen) atoms. The van der Waals surface area contributed by atoms with Crippen LogP contribution in [-0.2, 0) is 16.4 Å². The SMILES string of the molecule is CCCCn1c(NC(=O)c2ccccc2)c(S(=O)(=O)c2ccc(C)cc2)c2nc3ccccc3nc21. The summed E-state index contributed by atoms with van der Waals surface area (Å²) < 4.78 is 30.0. The minimum absolute atomic E-state index is 0.0417. The number of aryl methyl sites for hydroxylation is 2. The molecule has 5 aromatic rings. The van der Waals surface area contributed by atoms with Crippen molar-refractivity contribution in [2.24, 2.45) is 0 Å². The van der Waals surface area contributed by atoms with Crippen molar-refractivity contribution in [3.05, 3.63) is 90.0 Å². The summed E-state index contributed by atoms with van der Waals surface area (Å²) in [6.07, 6.45) is 1.66. The maximum Gasteiger partial charge on any atom is 0.256 e. The van der Waals surface area contributed by atoms with Crippen LogP contribution < -0.4 is 5.32 Å². The van der Waals surface area contributed by atoms with Crippen molar-refractivity contribution in [1.82, 2.24) is 14.5 Å². The van der Waals surface area contributed by atoms with Crippen molar-refractivity contribution in [3.8, 4) is 0 Å². The number of aromatic nitrogens is 3. The van der Waals surface area contributed by atoms with E-state index in [0.717, 1.165) is 18.4 Å². The van der Waals surface area contributed by atoms with Crippen LogP contribution in [0.5, 0.6) is 0 Å². The van der Waals surface area contributed by atoms with E-state index in [0.29, 0.717) is 28.8 Å². The Morgan fingerprint density at radius 3 is 2.19 bits per heavy atom. The van der Waals surface area contributed by atoms with E-state index in [1.54, 1.807) is 59.2 Å². The Morgan fingerprint density at radius 1 is 0.889 bits per heavy atom. The number of hydrogen-bond donors (Lipinski definition) is 1. The van der Waals surface area contributed by atoms with Gasteiger partial charge in [0, 0.05) is 12.1 Å². The van der Waals surface area contributed by atoms with Gasteiger partial charge in [0.05, 0.1) is 15.9 Å². The molecular formula is C28H26N4O3S. The number of carbonyl (C=O) groups excluding carboxylic acids is 1. The normalized spacial score (nSPS) is 11.7. The second kappa shape index (κ2) is 9.54. The van der Waals surface area contributed by atoms with Crippen LogP contribution in [0.15, 0.2) is 88.7 Å². The predicted octanol–water partition coefficient (Wildman–Crippen LogP) is 5.78. The lowest BCUT2D eigenvalue weighted by molar-refractivity contribution is 0.102. The first-order chi connectivity index (χ1) is 17.4. The Balaban J connectivity index is 1.82. The highest BCUT2D eigenvalue weighted by Crippen LogP contribution is 2.37. The van der Waals surface area contributed by atoms with Gasteiger partial charge >= 0.3 is 0 Å². The van der Waals surface area contributed by atoms with Crippen LogP contribution in [0.1, 0.15) is 35.7 Å². The van der Waals surface area contributed by atoms with E-state index in [4.69, 9.17) is 9.97 Å². The molecule has 1 amide bonds. The van der Waals surface area contributed by atoms with Crippen LogP contribution in [0.4, 0.5) is 5.82 Å². The quantitative estimate of drug-likeness (QED) is 0.307. The number of amides is 1. The molecule has 0 aliphatic rings. The van der Waals surface area contributed by atoms with Crippen molar-refractivity contribution in [2.45, 2.75) is 43.0 Å². The fourth-order valence-corrected chi connectivity index (χ4v) is 5.73. The van der Waals surface area contributed by atoms with E-state index < -0.39 is 15.7 Å². The van der Waals surface area contributed by atoms with E-state index in [1.165, 1.54) is 0 Å². The standard InChI is InChI=1S/C28H26N4O3S/c1-3-4-18-32-26-24(29-22-12-8-9-13-23(22)30-26)25(36(34,35)21-16-14-19(2)15-17-21)27(32)31-28(33)20-10-6-5-7-11-20/h5-17H,3-4,18H2,1-2H3,(H,31,33). The summed E-state index contributed by atoms with van der Waals surface area (Å²) in [6, 6.07) is 22.7. The van der Waals surface area contributed by atoms with Crippen molar-refractivity contribution >= 4 is 43.8 Å². The molecule has 0 fully saturated rings. The molecular weight excluding hydrogens is 472 g/mol. The zero-order valence-corrected chi connectivity index (χ0v) is 20.9. The van der Waals surface area contributed by atoms with Gasteiger partial charge in [0.25, 0.3) is 5.91 Å². The van der Waals surface area contributed by atoms with Crippen molar-refractivity contribution in [2.75, 3.05) is 5.32 Å². The largest absolute Gasteiger partial charge is 0.309 e. The molecule has 1 N–H and O–H groups in total. The Labute approximate surface area is 209 Å². The summed E-state index contributed by atoms with van der Waals surface area (Å²) in [5.74, 6) is -0.218. The maximum atomic E-state index is 14.1. The molecule has 0 radical (unpaired) electrons. The number of benzene rings is 3. The molecule has 7 nitrogen and oxygen atoms in total. The van der Waals surface area contributed by atoms with Gasteiger partial charge in [0.1, 0.15) is 16.2 Å². The van der Waals surface area contributed by atoms with Gasteiger partial charge in [-0.05, 0) is 49.7 Å². The number of fused-ring (bicyclic) bond motifs is 2. The topological polar surface area (TPSA) is 94.0 Å².